The molecule has 5 nitrogen and oxygen atoms in total. The Morgan fingerprint density at radius 1 is 1.36 bits per heavy atom. The zero-order chi connectivity index (χ0) is 8.74. The maximum atomic E-state index is 9.73. The van der Waals surface area contributed by atoms with Crippen LogP contribution in [0.5, 0.6) is 0 Å². The normalized spacial score (nSPS) is 12.6. The SMILES string of the molecule is C=CC(C#N)(N=C=O)N=C=O. The van der Waals surface area contributed by atoms with Gasteiger partial charge in [0.2, 0.25) is 12.2 Å². The summed E-state index contributed by atoms with van der Waals surface area (Å²) < 4.78 is 0. The average molecular weight is 149 g/mol. The fourth-order valence-corrected chi connectivity index (χ4v) is 0.351. The molecule has 0 N–H and O–H groups in total. The van der Waals surface area contributed by atoms with Crippen molar-refractivity contribution < 1.29 is 9.59 Å². The second-order valence-electron chi connectivity index (χ2n) is 1.45. The van der Waals surface area contributed by atoms with Crippen molar-refractivity contribution in [3.8, 4) is 6.07 Å². The number of hydrogen-bond acceptors (Lipinski definition) is 5. The lowest BCUT2D eigenvalue weighted by Gasteiger charge is -2.03. The highest BCUT2D eigenvalue weighted by atomic mass is 16.1. The molecular formula is C6H3N3O2. The van der Waals surface area contributed by atoms with Crippen LogP contribution in [0.25, 0.3) is 0 Å². The Morgan fingerprint density at radius 2 is 1.82 bits per heavy atom. The largest absolute Gasteiger partial charge is 0.278 e. The van der Waals surface area contributed by atoms with Gasteiger partial charge in [0.25, 0.3) is 5.66 Å². The molecule has 0 unspecified atom stereocenters. The van der Waals surface area contributed by atoms with E-state index in [1.807, 2.05) is 0 Å². The molecule has 0 saturated carbocycles. The number of nitrogens with zero attached hydrogens (tertiary/aromatic N) is 3. The van der Waals surface area contributed by atoms with Gasteiger partial charge < -0.3 is 0 Å². The van der Waals surface area contributed by atoms with Gasteiger partial charge in [-0.05, 0) is 6.08 Å². The predicted octanol–water partition coefficient (Wildman–Crippen LogP) is 0.0639. The van der Waals surface area contributed by atoms with Gasteiger partial charge in [-0.1, -0.05) is 6.58 Å². The maximum Gasteiger partial charge on any atom is 0.278 e. The van der Waals surface area contributed by atoms with Gasteiger partial charge in [-0.3, -0.25) is 0 Å². The Morgan fingerprint density at radius 3 is 2.00 bits per heavy atom. The molecule has 5 heteroatoms. The number of rotatable bonds is 3. The molecule has 0 saturated heterocycles. The first-order valence-electron chi connectivity index (χ1n) is 2.47. The fourth-order valence-electron chi connectivity index (χ4n) is 0.351. The third-order valence-corrected chi connectivity index (χ3v) is 0.881. The Balaban J connectivity index is 5.09. The third kappa shape index (κ3) is 1.99. The van der Waals surface area contributed by atoms with E-state index < -0.39 is 5.66 Å². The summed E-state index contributed by atoms with van der Waals surface area (Å²) in [7, 11) is 0. The van der Waals surface area contributed by atoms with Crippen LogP contribution in [-0.4, -0.2) is 17.8 Å². The van der Waals surface area contributed by atoms with Crippen molar-refractivity contribution in [1.82, 2.24) is 0 Å². The van der Waals surface area contributed by atoms with E-state index in [-0.39, 0.29) is 0 Å². The van der Waals surface area contributed by atoms with E-state index in [2.05, 4.69) is 16.6 Å². The van der Waals surface area contributed by atoms with Crippen molar-refractivity contribution >= 4 is 12.2 Å². The van der Waals surface area contributed by atoms with Crippen LogP contribution < -0.4 is 0 Å². The molecule has 0 bridgehead atoms. The molecule has 0 aromatic carbocycles. The molecule has 54 valence electrons. The Labute approximate surface area is 62.4 Å². The standard InChI is InChI=1S/C6H3N3O2/c1-2-6(3-7,8-4-10)9-5-11/h2H,1H2. The minimum Gasteiger partial charge on any atom is -0.211 e. The summed E-state index contributed by atoms with van der Waals surface area (Å²) in [4.78, 5) is 25.4. The average Bonchev–Trinajstić information content (AvgIpc) is 2.04. The summed E-state index contributed by atoms with van der Waals surface area (Å²) in [6.07, 6.45) is 3.16. The van der Waals surface area contributed by atoms with Crippen LogP contribution in [0, 0.1) is 11.3 Å². The molecule has 0 spiro atoms. The summed E-state index contributed by atoms with van der Waals surface area (Å²) in [6.45, 7) is 3.17. The second kappa shape index (κ2) is 3.91. The van der Waals surface area contributed by atoms with Crippen LogP contribution in [0.2, 0.25) is 0 Å². The first-order valence-corrected chi connectivity index (χ1v) is 2.47. The third-order valence-electron chi connectivity index (χ3n) is 0.881. The number of aliphatic imine (C=N–C) groups is 2. The van der Waals surface area contributed by atoms with Crippen molar-refractivity contribution in [1.29, 1.82) is 5.26 Å². The number of carbonyl (C=O) groups excluding carboxylic acids is 2. The van der Waals surface area contributed by atoms with Crippen LogP contribution in [-0.2, 0) is 9.59 Å². The van der Waals surface area contributed by atoms with E-state index >= 15 is 0 Å². The lowest BCUT2D eigenvalue weighted by molar-refractivity contribution is 0.547. The van der Waals surface area contributed by atoms with Crippen molar-refractivity contribution in [2.45, 2.75) is 5.66 Å². The van der Waals surface area contributed by atoms with Gasteiger partial charge in [0.05, 0.1) is 0 Å². The van der Waals surface area contributed by atoms with Gasteiger partial charge in [-0.15, -0.1) is 0 Å². The molecule has 0 aliphatic heterocycles. The summed E-state index contributed by atoms with van der Waals surface area (Å²) >= 11 is 0. The molecule has 0 radical (unpaired) electrons. The molecule has 0 rings (SSSR count). The predicted molar refractivity (Wildman–Crippen MR) is 34.8 cm³/mol. The number of isocyanates is 2. The summed E-state index contributed by atoms with van der Waals surface area (Å²) in [6, 6.07) is 1.49. The Kier molecular flexibility index (Phi) is 3.20. The minimum atomic E-state index is -1.84. The topological polar surface area (TPSA) is 82.7 Å². The highest BCUT2D eigenvalue weighted by Crippen LogP contribution is 2.10. The van der Waals surface area contributed by atoms with E-state index in [1.54, 1.807) is 0 Å². The summed E-state index contributed by atoms with van der Waals surface area (Å²) in [5.41, 5.74) is -1.84. The second-order valence-corrected chi connectivity index (χ2v) is 1.45. The van der Waals surface area contributed by atoms with Crippen molar-refractivity contribution in [2.24, 2.45) is 9.98 Å². The monoisotopic (exact) mass is 149 g/mol. The van der Waals surface area contributed by atoms with Crippen molar-refractivity contribution in [2.75, 3.05) is 0 Å². The van der Waals surface area contributed by atoms with Crippen LogP contribution in [0.3, 0.4) is 0 Å². The van der Waals surface area contributed by atoms with Gasteiger partial charge in [-0.25, -0.2) is 9.59 Å². The lowest BCUT2D eigenvalue weighted by Crippen LogP contribution is -2.16. The Bertz CT molecular complexity index is 271. The van der Waals surface area contributed by atoms with Crippen LogP contribution >= 0.6 is 0 Å². The van der Waals surface area contributed by atoms with Crippen LogP contribution in [0.15, 0.2) is 22.6 Å². The maximum absolute atomic E-state index is 9.73. The first kappa shape index (κ1) is 8.99. The van der Waals surface area contributed by atoms with Crippen LogP contribution in [0.4, 0.5) is 0 Å². The number of hydrogen-bond donors (Lipinski definition) is 0. The van der Waals surface area contributed by atoms with E-state index in [0.29, 0.717) is 0 Å². The van der Waals surface area contributed by atoms with Gasteiger partial charge >= 0.3 is 0 Å². The first-order chi connectivity index (χ1) is 5.24. The molecule has 0 aliphatic carbocycles. The highest BCUT2D eigenvalue weighted by Gasteiger charge is 2.23. The summed E-state index contributed by atoms with van der Waals surface area (Å²) in [5.74, 6) is 0. The zero-order valence-electron chi connectivity index (χ0n) is 5.44. The Hall–Kier alpha value is -2.01. The van der Waals surface area contributed by atoms with Gasteiger partial charge in [0.1, 0.15) is 6.07 Å². The van der Waals surface area contributed by atoms with Crippen LogP contribution in [0.1, 0.15) is 0 Å². The summed E-state index contributed by atoms with van der Waals surface area (Å²) in [5, 5.41) is 8.37. The van der Waals surface area contributed by atoms with Gasteiger partial charge in [0, 0.05) is 0 Å². The van der Waals surface area contributed by atoms with E-state index in [0.717, 1.165) is 18.2 Å². The molecule has 0 aromatic rings. The molecule has 0 aromatic heterocycles. The lowest BCUT2D eigenvalue weighted by atomic mass is 10.2. The molecular weight excluding hydrogens is 146 g/mol. The van der Waals surface area contributed by atoms with E-state index in [4.69, 9.17) is 5.26 Å². The highest BCUT2D eigenvalue weighted by molar-refractivity contribution is 5.43. The molecule has 0 heterocycles. The minimum absolute atomic E-state index is 0.947. The molecule has 0 atom stereocenters. The van der Waals surface area contributed by atoms with Gasteiger partial charge in [-0.2, -0.15) is 15.2 Å². The molecule has 0 fully saturated rings. The zero-order valence-corrected chi connectivity index (χ0v) is 5.44. The molecule has 11 heavy (non-hydrogen) atoms. The smallest absolute Gasteiger partial charge is 0.211 e. The van der Waals surface area contributed by atoms with Crippen molar-refractivity contribution in [3.05, 3.63) is 12.7 Å². The van der Waals surface area contributed by atoms with Gasteiger partial charge in [0.15, 0.2) is 0 Å². The van der Waals surface area contributed by atoms with Crippen molar-refractivity contribution in [3.63, 3.8) is 0 Å². The molecule has 0 amide bonds. The fraction of sp³-hybridized carbons (Fsp3) is 0.167. The molecule has 0 aliphatic rings. The van der Waals surface area contributed by atoms with E-state index in [1.165, 1.54) is 6.07 Å². The number of nitriles is 1. The quantitative estimate of drug-likeness (QED) is 0.323. The van der Waals surface area contributed by atoms with E-state index in [9.17, 15) is 9.59 Å².